The van der Waals surface area contributed by atoms with Crippen LogP contribution in [0.4, 0.5) is 5.69 Å². The standard InChI is InChI=1S/C17H27N3O5S/c1-13(21)19-15-6-5-14(11-16(15)24-4)26(22,23)18-12-17(2,3)20-7-9-25-10-8-20/h5-6,11,18H,7-10,12H2,1-4H3,(H,19,21)/p+1. The molecular weight excluding hydrogens is 358 g/mol. The summed E-state index contributed by atoms with van der Waals surface area (Å²) in [5.41, 5.74) is 0.175. The first-order valence-corrected chi connectivity index (χ1v) is 10.0. The molecule has 9 heteroatoms. The number of carbonyl (C=O) groups is 1. The molecule has 8 nitrogen and oxygen atoms in total. The lowest BCUT2D eigenvalue weighted by Gasteiger charge is -2.37. The minimum absolute atomic E-state index is 0.0937. The van der Waals surface area contributed by atoms with Crippen LogP contribution in [0.3, 0.4) is 0 Å². The van der Waals surface area contributed by atoms with Crippen LogP contribution >= 0.6 is 0 Å². The first-order valence-electron chi connectivity index (χ1n) is 8.54. The average molecular weight is 386 g/mol. The highest BCUT2D eigenvalue weighted by molar-refractivity contribution is 7.89. The van der Waals surface area contributed by atoms with E-state index in [1.807, 2.05) is 13.8 Å². The largest absolute Gasteiger partial charge is 0.495 e. The van der Waals surface area contributed by atoms with Crippen molar-refractivity contribution in [1.29, 1.82) is 0 Å². The smallest absolute Gasteiger partial charge is 0.240 e. The number of sulfonamides is 1. The van der Waals surface area contributed by atoms with Crippen LogP contribution in [0.1, 0.15) is 20.8 Å². The van der Waals surface area contributed by atoms with Gasteiger partial charge in [-0.3, -0.25) is 4.79 Å². The van der Waals surface area contributed by atoms with Gasteiger partial charge < -0.3 is 19.7 Å². The van der Waals surface area contributed by atoms with Gasteiger partial charge in [-0.1, -0.05) is 0 Å². The lowest BCUT2D eigenvalue weighted by Crippen LogP contribution is -3.22. The SMILES string of the molecule is COc1cc(S(=O)(=O)NCC(C)(C)[NH+]2CCOCC2)ccc1NC(C)=O. The molecular formula is C17H28N3O5S+. The van der Waals surface area contributed by atoms with E-state index in [1.54, 1.807) is 0 Å². The zero-order valence-corrected chi connectivity index (χ0v) is 16.5. The molecule has 0 aromatic heterocycles. The summed E-state index contributed by atoms with van der Waals surface area (Å²) in [5, 5.41) is 2.61. The Kier molecular flexibility index (Phi) is 6.62. The highest BCUT2D eigenvalue weighted by Gasteiger charge is 2.33. The molecule has 0 aliphatic carbocycles. The number of carbonyl (C=O) groups excluding carboxylic acids is 1. The summed E-state index contributed by atoms with van der Waals surface area (Å²) in [6.07, 6.45) is 0. The second kappa shape index (κ2) is 8.34. The van der Waals surface area contributed by atoms with Gasteiger partial charge in [-0.25, -0.2) is 13.1 Å². The minimum atomic E-state index is -3.70. The molecule has 1 saturated heterocycles. The van der Waals surface area contributed by atoms with Crippen molar-refractivity contribution in [1.82, 2.24) is 4.72 Å². The number of nitrogens with one attached hydrogen (secondary N) is 3. The maximum Gasteiger partial charge on any atom is 0.240 e. The molecule has 0 atom stereocenters. The lowest BCUT2D eigenvalue weighted by atomic mass is 10.0. The molecule has 0 spiro atoms. The molecule has 1 amide bonds. The Morgan fingerprint density at radius 3 is 2.54 bits per heavy atom. The van der Waals surface area contributed by atoms with Crippen LogP contribution in [0.2, 0.25) is 0 Å². The summed E-state index contributed by atoms with van der Waals surface area (Å²) >= 11 is 0. The number of benzene rings is 1. The van der Waals surface area contributed by atoms with E-state index in [9.17, 15) is 13.2 Å². The predicted octanol–water partition coefficient (Wildman–Crippen LogP) is -0.374. The summed E-state index contributed by atoms with van der Waals surface area (Å²) in [5.74, 6) is 0.0356. The van der Waals surface area contributed by atoms with Gasteiger partial charge in [-0.2, -0.15) is 0 Å². The van der Waals surface area contributed by atoms with E-state index in [0.29, 0.717) is 31.2 Å². The van der Waals surface area contributed by atoms with Gasteiger partial charge in [-0.15, -0.1) is 0 Å². The van der Waals surface area contributed by atoms with Gasteiger partial charge in [0, 0.05) is 13.0 Å². The van der Waals surface area contributed by atoms with E-state index >= 15 is 0 Å². The number of hydrogen-bond donors (Lipinski definition) is 3. The van der Waals surface area contributed by atoms with Gasteiger partial charge in [-0.05, 0) is 26.0 Å². The van der Waals surface area contributed by atoms with Crippen LogP contribution < -0.4 is 19.7 Å². The van der Waals surface area contributed by atoms with Crippen LogP contribution in [0.5, 0.6) is 5.75 Å². The van der Waals surface area contributed by atoms with E-state index in [1.165, 1.54) is 37.1 Å². The van der Waals surface area contributed by atoms with E-state index < -0.39 is 10.0 Å². The van der Waals surface area contributed by atoms with Crippen molar-refractivity contribution in [2.75, 3.05) is 45.3 Å². The number of amides is 1. The fraction of sp³-hybridized carbons (Fsp3) is 0.588. The highest BCUT2D eigenvalue weighted by Crippen LogP contribution is 2.27. The number of quaternary nitrogens is 1. The van der Waals surface area contributed by atoms with Crippen LogP contribution in [0.15, 0.2) is 23.1 Å². The second-order valence-corrected chi connectivity index (χ2v) is 8.73. The lowest BCUT2D eigenvalue weighted by molar-refractivity contribution is -0.954. The van der Waals surface area contributed by atoms with E-state index in [-0.39, 0.29) is 16.3 Å². The summed E-state index contributed by atoms with van der Waals surface area (Å²) in [6.45, 7) is 8.85. The minimum Gasteiger partial charge on any atom is -0.495 e. The molecule has 1 aromatic carbocycles. The van der Waals surface area contributed by atoms with Crippen molar-refractivity contribution in [3.8, 4) is 5.75 Å². The fourth-order valence-electron chi connectivity index (χ4n) is 2.91. The van der Waals surface area contributed by atoms with Gasteiger partial charge in [0.2, 0.25) is 15.9 Å². The van der Waals surface area contributed by atoms with Gasteiger partial charge in [0.15, 0.2) is 0 Å². The third-order valence-electron chi connectivity index (χ3n) is 4.55. The van der Waals surface area contributed by atoms with Crippen molar-refractivity contribution in [3.63, 3.8) is 0 Å². The van der Waals surface area contributed by atoms with Crippen LogP contribution in [-0.2, 0) is 19.6 Å². The first kappa shape index (κ1) is 20.6. The summed E-state index contributed by atoms with van der Waals surface area (Å²) in [4.78, 5) is 12.6. The second-order valence-electron chi connectivity index (χ2n) is 6.97. The van der Waals surface area contributed by atoms with Gasteiger partial charge in [0.25, 0.3) is 0 Å². The molecule has 0 saturated carbocycles. The van der Waals surface area contributed by atoms with Gasteiger partial charge >= 0.3 is 0 Å². The zero-order chi connectivity index (χ0) is 19.4. The molecule has 26 heavy (non-hydrogen) atoms. The Morgan fingerprint density at radius 2 is 1.96 bits per heavy atom. The molecule has 2 rings (SSSR count). The van der Waals surface area contributed by atoms with Crippen molar-refractivity contribution in [2.45, 2.75) is 31.2 Å². The summed E-state index contributed by atoms with van der Waals surface area (Å²) in [6, 6.07) is 4.38. The Morgan fingerprint density at radius 1 is 1.31 bits per heavy atom. The van der Waals surface area contributed by atoms with Gasteiger partial charge in [0.05, 0.1) is 37.5 Å². The topological polar surface area (TPSA) is 98.2 Å². The Balaban J connectivity index is 2.12. The number of morpholine rings is 1. The van der Waals surface area contributed by atoms with E-state index in [4.69, 9.17) is 9.47 Å². The molecule has 146 valence electrons. The molecule has 1 aliphatic heterocycles. The van der Waals surface area contributed by atoms with E-state index in [2.05, 4.69) is 10.0 Å². The normalized spacial score (nSPS) is 16.3. The Labute approximate surface area is 154 Å². The highest BCUT2D eigenvalue weighted by atomic mass is 32.2. The van der Waals surface area contributed by atoms with Crippen molar-refractivity contribution >= 4 is 21.6 Å². The molecule has 1 aliphatic rings. The predicted molar refractivity (Wildman–Crippen MR) is 98.1 cm³/mol. The quantitative estimate of drug-likeness (QED) is 0.594. The van der Waals surface area contributed by atoms with Crippen molar-refractivity contribution < 1.29 is 27.6 Å². The zero-order valence-electron chi connectivity index (χ0n) is 15.7. The molecule has 0 bridgehead atoms. The van der Waals surface area contributed by atoms with Crippen molar-refractivity contribution in [3.05, 3.63) is 18.2 Å². The third-order valence-corrected chi connectivity index (χ3v) is 5.95. The molecule has 1 aromatic rings. The number of hydrogen-bond acceptors (Lipinski definition) is 5. The molecule has 1 fully saturated rings. The number of rotatable bonds is 7. The average Bonchev–Trinajstić information content (AvgIpc) is 2.61. The van der Waals surface area contributed by atoms with Crippen LogP contribution in [0.25, 0.3) is 0 Å². The molecule has 3 N–H and O–H groups in total. The van der Waals surface area contributed by atoms with Crippen LogP contribution in [-0.4, -0.2) is 59.8 Å². The Hall–Kier alpha value is -1.68. The van der Waals surface area contributed by atoms with E-state index in [0.717, 1.165) is 13.1 Å². The Bertz CT molecular complexity index is 743. The summed E-state index contributed by atoms with van der Waals surface area (Å²) in [7, 11) is -2.27. The molecule has 1 heterocycles. The number of methoxy groups -OCH3 is 1. The van der Waals surface area contributed by atoms with Crippen molar-refractivity contribution in [2.24, 2.45) is 0 Å². The fourth-order valence-corrected chi connectivity index (χ4v) is 4.14. The maximum absolute atomic E-state index is 12.7. The monoisotopic (exact) mass is 386 g/mol. The third kappa shape index (κ3) is 5.16. The molecule has 0 radical (unpaired) electrons. The first-order chi connectivity index (χ1) is 12.2. The van der Waals surface area contributed by atoms with Crippen LogP contribution in [0, 0.1) is 0 Å². The molecule has 0 unspecified atom stereocenters. The number of ether oxygens (including phenoxy) is 2. The van der Waals surface area contributed by atoms with Gasteiger partial charge in [0.1, 0.15) is 24.4 Å². The summed E-state index contributed by atoms with van der Waals surface area (Å²) < 4.78 is 38.6. The number of anilines is 1. The maximum atomic E-state index is 12.7.